The normalized spacial score (nSPS) is 57.9. The number of ether oxygens (including phenoxy) is 15. The van der Waals surface area contributed by atoms with Crippen molar-refractivity contribution in [2.45, 2.75) is 313 Å². The molecule has 0 saturated carbocycles. The highest BCUT2D eigenvalue weighted by Crippen LogP contribution is 2.60. The summed E-state index contributed by atoms with van der Waals surface area (Å²) in [6.07, 6.45) is -5.06. The Morgan fingerprint density at radius 1 is 0.568 bits per heavy atom. The second-order valence-electron chi connectivity index (χ2n) is 27.8. The maximum absolute atomic E-state index is 14.6. The molecule has 16 aliphatic heterocycles. The van der Waals surface area contributed by atoms with Gasteiger partial charge in [0.2, 0.25) is 11.6 Å². The van der Waals surface area contributed by atoms with E-state index in [2.05, 4.69) is 40.9 Å². The molecule has 0 aromatic heterocycles. The van der Waals surface area contributed by atoms with Gasteiger partial charge in [-0.3, -0.25) is 4.79 Å². The van der Waals surface area contributed by atoms with Gasteiger partial charge in [-0.05, 0) is 73.8 Å². The molecule has 0 unspecified atom stereocenters. The fourth-order valence-corrected chi connectivity index (χ4v) is 18.2. The highest BCUT2D eigenvalue weighted by atomic mass is 16.8. The van der Waals surface area contributed by atoms with Crippen LogP contribution in [-0.4, -0.2) is 214 Å². The van der Waals surface area contributed by atoms with Crippen LogP contribution in [0.4, 0.5) is 0 Å². The molecule has 16 rings (SSSR count). The fraction of sp³-hybridized carbons (Fsp3) is 0.917. The van der Waals surface area contributed by atoms with Gasteiger partial charge in [-0.2, -0.15) is 0 Å². The molecule has 81 heavy (non-hydrogen) atoms. The second-order valence-corrected chi connectivity index (χ2v) is 27.8. The van der Waals surface area contributed by atoms with Crippen molar-refractivity contribution in [3.05, 3.63) is 24.3 Å². The van der Waals surface area contributed by atoms with Gasteiger partial charge in [0.15, 0.2) is 17.7 Å². The molecule has 5 N–H and O–H groups in total. The number of hydrogen-bond acceptors (Lipinski definition) is 21. The number of aliphatic hydroxyl groups excluding tert-OH is 4. The minimum Gasteiger partial charge on any atom is -0.459 e. The molecule has 33 atom stereocenters. The molecule has 0 aromatic carbocycles. The molecule has 0 radical (unpaired) electrons. The Bertz CT molecular complexity index is 2430. The summed E-state index contributed by atoms with van der Waals surface area (Å²) >= 11 is 0. The van der Waals surface area contributed by atoms with Crippen LogP contribution >= 0.6 is 0 Å². The van der Waals surface area contributed by atoms with Gasteiger partial charge in [-0.15, -0.1) is 0 Å². The number of esters is 1. The van der Waals surface area contributed by atoms with E-state index in [1.807, 2.05) is 0 Å². The summed E-state index contributed by atoms with van der Waals surface area (Å²) in [5.74, 6) is -5.84. The van der Waals surface area contributed by atoms with Gasteiger partial charge in [-0.1, -0.05) is 40.9 Å². The number of hydrogen-bond donors (Lipinski definition) is 5. The number of carbonyl (C=O) groups is 1. The third-order valence-electron chi connectivity index (χ3n) is 22.2. The van der Waals surface area contributed by atoms with E-state index in [1.165, 1.54) is 0 Å². The quantitative estimate of drug-likeness (QED) is 0.200. The van der Waals surface area contributed by atoms with E-state index in [9.17, 15) is 30.3 Å². The second kappa shape index (κ2) is 20.4. The summed E-state index contributed by atoms with van der Waals surface area (Å²) in [6.45, 7) is 17.2. The van der Waals surface area contributed by atoms with Crippen molar-refractivity contribution in [2.24, 2.45) is 23.7 Å². The maximum atomic E-state index is 14.6. The van der Waals surface area contributed by atoms with Crippen LogP contribution in [0.5, 0.6) is 0 Å². The minimum absolute atomic E-state index is 0.0207. The summed E-state index contributed by atoms with van der Waals surface area (Å²) in [4.78, 5) is 14.6. The monoisotopic (exact) mass is 1140 g/mol. The average molecular weight is 1140 g/mol. The van der Waals surface area contributed by atoms with Crippen LogP contribution in [0.2, 0.25) is 0 Å². The first kappa shape index (κ1) is 55.7. The van der Waals surface area contributed by atoms with Crippen LogP contribution in [0.1, 0.15) is 137 Å². The molecule has 21 heteroatoms. The predicted molar refractivity (Wildman–Crippen MR) is 276 cm³/mol. The van der Waals surface area contributed by atoms with Crippen molar-refractivity contribution < 1.29 is 101 Å². The van der Waals surface area contributed by atoms with Crippen LogP contribution in [0.3, 0.4) is 0 Å². The summed E-state index contributed by atoms with van der Waals surface area (Å²) < 4.78 is 102. The van der Waals surface area contributed by atoms with Gasteiger partial charge in [0.05, 0.1) is 123 Å². The Kier molecular flexibility index (Phi) is 14.0. The SMILES string of the molecule is C=C1C[C@@H]2CC[C@@]34O[C@H]5[C@@H]6O[C@](O)([C@@H](O3)[C@@H]6O[C@H]3CC[C@H](CC(=O)O[C@@H]6[C@@H](C)[C@@H]7O[C@@H]8C[C@]9(C[C@@H]%10O[C@@]%11(C[C@H](C)[C@@H]%10O9)C[C@H](C)[C@@H]9O[C@@H]([C@H](O)C[C@@H](O)CO)C[C@H]9O%11)O[C@@H]8C[C@@H]7O[C@H]6C[C@H]6O[C@H](CC[C@@H]1O2)C[C@@H](C)C6=C)O[C@H]53)[C@H]4O. The molecule has 16 fully saturated rings. The summed E-state index contributed by atoms with van der Waals surface area (Å²) in [7, 11) is 0. The predicted octanol–water partition coefficient (Wildman–Crippen LogP) is 3.22. The van der Waals surface area contributed by atoms with Gasteiger partial charge in [0.1, 0.15) is 36.6 Å². The molecule has 16 aliphatic rings. The number of fused-ring (bicyclic) bond motifs is 10. The summed E-state index contributed by atoms with van der Waals surface area (Å²) in [6, 6.07) is 0. The first-order chi connectivity index (χ1) is 38.8. The highest BCUT2D eigenvalue weighted by Gasteiger charge is 2.79. The molecule has 452 valence electrons. The molecular weight excluding hydrogens is 1060 g/mol. The van der Waals surface area contributed by atoms with Crippen LogP contribution < -0.4 is 0 Å². The van der Waals surface area contributed by atoms with Crippen molar-refractivity contribution in [3.63, 3.8) is 0 Å². The molecule has 3 spiro atoms. The van der Waals surface area contributed by atoms with Crippen LogP contribution in [-0.2, 0) is 75.8 Å². The van der Waals surface area contributed by atoms with Gasteiger partial charge >= 0.3 is 5.97 Å². The largest absolute Gasteiger partial charge is 0.459 e. The lowest BCUT2D eigenvalue weighted by molar-refractivity contribution is -0.347. The first-order valence-electron chi connectivity index (χ1n) is 31.0. The molecular formula is C60H86O21. The van der Waals surface area contributed by atoms with Gasteiger partial charge in [0, 0.05) is 63.7 Å². The zero-order valence-corrected chi connectivity index (χ0v) is 47.2. The lowest BCUT2D eigenvalue weighted by atomic mass is 9.79. The molecule has 16 saturated heterocycles. The Labute approximate surface area is 473 Å². The van der Waals surface area contributed by atoms with Crippen LogP contribution in [0.15, 0.2) is 24.3 Å². The van der Waals surface area contributed by atoms with Gasteiger partial charge in [0.25, 0.3) is 0 Å². The number of rotatable bonds is 4. The third-order valence-corrected chi connectivity index (χ3v) is 22.2. The van der Waals surface area contributed by atoms with Crippen molar-refractivity contribution in [1.82, 2.24) is 0 Å². The maximum Gasteiger partial charge on any atom is 0.308 e. The number of carbonyl (C=O) groups excluding carboxylic acids is 1. The van der Waals surface area contributed by atoms with Crippen molar-refractivity contribution in [1.29, 1.82) is 0 Å². The lowest BCUT2D eigenvalue weighted by Crippen LogP contribution is -2.63. The molecule has 16 heterocycles. The Morgan fingerprint density at radius 3 is 2.10 bits per heavy atom. The third kappa shape index (κ3) is 9.28. The van der Waals surface area contributed by atoms with Crippen molar-refractivity contribution in [2.75, 3.05) is 6.61 Å². The fourth-order valence-electron chi connectivity index (χ4n) is 18.2. The summed E-state index contributed by atoms with van der Waals surface area (Å²) in [5, 5.41) is 54.2. The van der Waals surface area contributed by atoms with Crippen molar-refractivity contribution in [3.8, 4) is 0 Å². The topological polar surface area (TPSA) is 257 Å². The van der Waals surface area contributed by atoms with E-state index < -0.39 is 121 Å². The van der Waals surface area contributed by atoms with E-state index in [-0.39, 0.29) is 110 Å². The average Bonchev–Trinajstić information content (AvgIpc) is 4.38. The molecule has 12 bridgehead atoms. The van der Waals surface area contributed by atoms with E-state index in [0.29, 0.717) is 77.0 Å². The highest BCUT2D eigenvalue weighted by molar-refractivity contribution is 5.70. The Morgan fingerprint density at radius 2 is 1.27 bits per heavy atom. The molecule has 0 amide bonds. The van der Waals surface area contributed by atoms with Crippen molar-refractivity contribution >= 4 is 5.97 Å². The number of aliphatic hydroxyl groups is 5. The molecule has 0 aliphatic carbocycles. The van der Waals surface area contributed by atoms with E-state index in [1.54, 1.807) is 0 Å². The molecule has 0 aromatic rings. The molecule has 21 nitrogen and oxygen atoms in total. The summed E-state index contributed by atoms with van der Waals surface area (Å²) in [5.41, 5.74) is 1.99. The van der Waals surface area contributed by atoms with Gasteiger partial charge < -0.3 is 96.6 Å². The van der Waals surface area contributed by atoms with E-state index >= 15 is 0 Å². The van der Waals surface area contributed by atoms with E-state index in [4.69, 9.17) is 71.1 Å². The standard InChI is InChI=1S/C60H86O21/c1-25-13-32-7-9-36-26(2)14-34(67-36)11-12-59-56(65)60(66)55(81-59)54-53(80-60)52(79-59)51-37(71-54)10-8-33(69-51)16-46(64)74-50-30(6)49-42(70-41(50)17-38(68-32)29(25)5)19-40-44(73-49)22-58(75-40)23-45-48(78-58)28(4)21-57(77-45)20-27(3)47-43(76-57)18-39(72-47)35(63)15-31(62)24-61/h25,27-28,30-45,47-56,61-63,65-66H,2,5,7-24H2,1,3-4,6H3/t25-,27+,28+,30+,31-,32-,33-,34+,35-,36+,37+,38-,39-,40-,41+,42+,43-,44-,45+,47+,48+,49+,50-,51+,52-,53+,54-,55+,56+,57-,58+,59-,60-/m1/s1. The lowest BCUT2D eigenvalue weighted by Gasteiger charge is -2.50. The Hall–Kier alpha value is -1.81. The minimum atomic E-state index is -2.03. The smallest absolute Gasteiger partial charge is 0.308 e. The van der Waals surface area contributed by atoms with E-state index in [0.717, 1.165) is 24.0 Å². The zero-order chi connectivity index (χ0) is 55.8. The van der Waals surface area contributed by atoms with Crippen LogP contribution in [0, 0.1) is 23.7 Å². The Balaban J connectivity index is 0.660. The van der Waals surface area contributed by atoms with Gasteiger partial charge in [-0.25, -0.2) is 0 Å². The zero-order valence-electron chi connectivity index (χ0n) is 47.2. The first-order valence-corrected chi connectivity index (χ1v) is 31.0. The van der Waals surface area contributed by atoms with Crippen LogP contribution in [0.25, 0.3) is 0 Å².